The van der Waals surface area contributed by atoms with Crippen LogP contribution in [0.2, 0.25) is 0 Å². The number of rotatable bonds is 0. The molecule has 0 saturated heterocycles. The van der Waals surface area contributed by atoms with Crippen LogP contribution in [0.25, 0.3) is 0 Å². The standard InChI is InChI=1S/CH2O3.2Li.10H2O/c2-1(3)4;;;;;;;;;;;;/h(H2,2,3,4);;;10*1H2/q;2*+1;;;;;;;;;;/p-2. The van der Waals surface area contributed by atoms with E-state index in [-0.39, 0.29) is 92.5 Å². The molecule has 0 aromatic carbocycles. The summed E-state index contributed by atoms with van der Waals surface area (Å²) in [6.45, 7) is 0. The normalized spacial score (nSPS) is 1.50. The van der Waals surface area contributed by atoms with Gasteiger partial charge in [0.25, 0.3) is 0 Å². The van der Waals surface area contributed by atoms with Gasteiger partial charge in [-0.3, -0.25) is 0 Å². The van der Waals surface area contributed by atoms with Gasteiger partial charge in [0.05, 0.1) is 0 Å². The van der Waals surface area contributed by atoms with Gasteiger partial charge in [0, 0.05) is 0 Å². The molecule has 0 heterocycles. The summed E-state index contributed by atoms with van der Waals surface area (Å²) in [5.41, 5.74) is 0. The zero-order valence-corrected chi connectivity index (χ0v) is 8.72. The third kappa shape index (κ3) is 572000. The van der Waals surface area contributed by atoms with Crippen molar-refractivity contribution in [2.45, 2.75) is 0 Å². The second-order valence-corrected chi connectivity index (χ2v) is 0.250. The molecular formula is CH20Li2O13. The van der Waals surface area contributed by atoms with E-state index in [1.165, 1.54) is 0 Å². The van der Waals surface area contributed by atoms with E-state index in [1.54, 1.807) is 0 Å². The molecule has 0 saturated carbocycles. The van der Waals surface area contributed by atoms with Gasteiger partial charge < -0.3 is 69.8 Å². The molecule has 13 nitrogen and oxygen atoms in total. The Bertz CT molecular complexity index is 36.9. The van der Waals surface area contributed by atoms with Crippen LogP contribution in [0.15, 0.2) is 0 Å². The summed E-state index contributed by atoms with van der Waals surface area (Å²) in [5.74, 6) is 0. The zero-order chi connectivity index (χ0) is 3.58. The number of hydrogen-bond acceptors (Lipinski definition) is 3. The van der Waals surface area contributed by atoms with Crippen molar-refractivity contribution in [3.8, 4) is 0 Å². The molecule has 0 aliphatic carbocycles. The number of hydrogen-bond donors (Lipinski definition) is 0. The van der Waals surface area contributed by atoms with Crippen molar-refractivity contribution >= 4 is 6.16 Å². The average Bonchev–Trinajstić information content (AvgIpc) is 0.811. The Hall–Kier alpha value is 0.0648. The van der Waals surface area contributed by atoms with Crippen LogP contribution >= 0.6 is 0 Å². The molecule has 0 aliphatic rings. The molecule has 0 unspecified atom stereocenters. The van der Waals surface area contributed by atoms with Crippen molar-refractivity contribution in [1.29, 1.82) is 0 Å². The zero-order valence-electron chi connectivity index (χ0n) is 8.72. The molecule has 0 aromatic rings. The molecular weight excluding hydrogens is 234 g/mol. The largest absolute Gasteiger partial charge is 1.00 e. The van der Waals surface area contributed by atoms with Crippen LogP contribution < -0.4 is 47.9 Å². The van der Waals surface area contributed by atoms with Crippen LogP contribution in [-0.2, 0) is 0 Å². The van der Waals surface area contributed by atoms with Gasteiger partial charge >= 0.3 is 37.7 Å². The molecule has 0 rings (SSSR count). The molecule has 15 heteroatoms. The number of carbonyl (C=O) groups is 1. The van der Waals surface area contributed by atoms with Crippen LogP contribution in [-0.4, -0.2) is 60.9 Å². The molecule has 20 N–H and O–H groups in total. The molecule has 0 aliphatic heterocycles. The van der Waals surface area contributed by atoms with Crippen LogP contribution in [0.4, 0.5) is 4.79 Å². The number of carboxylic acid groups (broad SMARTS) is 2. The van der Waals surface area contributed by atoms with E-state index in [0.29, 0.717) is 0 Å². The second-order valence-electron chi connectivity index (χ2n) is 0.250. The first-order valence-electron chi connectivity index (χ1n) is 0.612. The summed E-state index contributed by atoms with van der Waals surface area (Å²) in [7, 11) is 0. The first kappa shape index (κ1) is 388. The van der Waals surface area contributed by atoms with Crippen molar-refractivity contribution in [2.75, 3.05) is 0 Å². The van der Waals surface area contributed by atoms with E-state index in [1.807, 2.05) is 0 Å². The first-order valence-corrected chi connectivity index (χ1v) is 0.612. The van der Waals surface area contributed by atoms with Crippen LogP contribution in [0.5, 0.6) is 0 Å². The van der Waals surface area contributed by atoms with Crippen LogP contribution in [0.3, 0.4) is 0 Å². The summed E-state index contributed by atoms with van der Waals surface area (Å²) < 4.78 is 0. The molecule has 0 aromatic heterocycles. The maximum Gasteiger partial charge on any atom is 1.00 e. The van der Waals surface area contributed by atoms with Gasteiger partial charge in [0.1, 0.15) is 0 Å². The topological polar surface area (TPSA) is 378 Å². The maximum atomic E-state index is 8.33. The SMILES string of the molecule is O.O.O.O.O.O.O.O.O.O.O=C([O-])[O-].[Li+].[Li+]. The van der Waals surface area contributed by atoms with Gasteiger partial charge in [-0.15, -0.1) is 0 Å². The predicted molar refractivity (Wildman–Crippen MR) is 41.5 cm³/mol. The van der Waals surface area contributed by atoms with Crippen molar-refractivity contribution in [3.05, 3.63) is 0 Å². The smallest absolute Gasteiger partial charge is 0.652 e. The van der Waals surface area contributed by atoms with Crippen molar-refractivity contribution in [2.24, 2.45) is 0 Å². The first-order chi connectivity index (χ1) is 1.73. The van der Waals surface area contributed by atoms with Crippen LogP contribution in [0, 0.1) is 0 Å². The Labute approximate surface area is 114 Å². The van der Waals surface area contributed by atoms with Crippen molar-refractivity contribution in [1.82, 2.24) is 0 Å². The fourth-order valence-corrected chi connectivity index (χ4v) is 0. The summed E-state index contributed by atoms with van der Waals surface area (Å²) in [6.07, 6.45) is -2.33. The molecule has 0 amide bonds. The second kappa shape index (κ2) is 317. The van der Waals surface area contributed by atoms with Crippen molar-refractivity contribution in [3.63, 3.8) is 0 Å². The minimum atomic E-state index is -2.33. The Morgan fingerprint density at radius 3 is 0.500 bits per heavy atom. The maximum absolute atomic E-state index is 8.33. The molecule has 0 fully saturated rings. The summed E-state index contributed by atoms with van der Waals surface area (Å²) in [6, 6.07) is 0. The van der Waals surface area contributed by atoms with Gasteiger partial charge in [-0.1, -0.05) is 0 Å². The van der Waals surface area contributed by atoms with E-state index >= 15 is 0 Å². The van der Waals surface area contributed by atoms with Gasteiger partial charge in [-0.2, -0.15) is 0 Å². The Morgan fingerprint density at radius 1 is 0.500 bits per heavy atom. The van der Waals surface area contributed by atoms with E-state index < -0.39 is 6.16 Å². The Kier molecular flexibility index (Phi) is 7700. The minimum Gasteiger partial charge on any atom is -0.652 e. The predicted octanol–water partition coefficient (Wildman–Crippen LogP) is -16.7. The third-order valence-electron chi connectivity index (χ3n) is 0. The molecule has 0 spiro atoms. The fourth-order valence-electron chi connectivity index (χ4n) is 0. The summed E-state index contributed by atoms with van der Waals surface area (Å²) in [5, 5.41) is 16.7. The van der Waals surface area contributed by atoms with Gasteiger partial charge in [-0.25, -0.2) is 0 Å². The van der Waals surface area contributed by atoms with Crippen molar-refractivity contribution < 1.29 is 107 Å². The van der Waals surface area contributed by atoms with Gasteiger partial charge in [-0.05, 0) is 6.16 Å². The number of carbonyl (C=O) groups excluding carboxylic acids is 1. The van der Waals surface area contributed by atoms with E-state index in [2.05, 4.69) is 0 Å². The molecule has 0 radical (unpaired) electrons. The average molecular weight is 254 g/mol. The van der Waals surface area contributed by atoms with E-state index in [0.717, 1.165) is 0 Å². The summed E-state index contributed by atoms with van der Waals surface area (Å²) in [4.78, 5) is 8.33. The Morgan fingerprint density at radius 2 is 0.500 bits per heavy atom. The summed E-state index contributed by atoms with van der Waals surface area (Å²) >= 11 is 0. The van der Waals surface area contributed by atoms with E-state index in [9.17, 15) is 0 Å². The monoisotopic (exact) mass is 254 g/mol. The molecule has 0 bridgehead atoms. The molecule has 104 valence electrons. The molecule has 0 atom stereocenters. The fraction of sp³-hybridized carbons (Fsp3) is 0. The van der Waals surface area contributed by atoms with Crippen LogP contribution in [0.1, 0.15) is 0 Å². The Balaban J connectivity index is -0.000000000682. The van der Waals surface area contributed by atoms with E-state index in [4.69, 9.17) is 15.0 Å². The molecule has 16 heavy (non-hydrogen) atoms. The quantitative estimate of drug-likeness (QED) is 0.379. The van der Waals surface area contributed by atoms with Gasteiger partial charge in [0.2, 0.25) is 0 Å². The third-order valence-corrected chi connectivity index (χ3v) is 0. The van der Waals surface area contributed by atoms with Gasteiger partial charge in [0.15, 0.2) is 0 Å². The minimum absolute atomic E-state index is 0.